The number of anilines is 1. The van der Waals surface area contributed by atoms with Crippen molar-refractivity contribution in [3.05, 3.63) is 64.6 Å². The number of fused-ring (bicyclic) bond motifs is 1. The summed E-state index contributed by atoms with van der Waals surface area (Å²) in [7, 11) is -1.95. The van der Waals surface area contributed by atoms with Crippen molar-refractivity contribution in [3.63, 3.8) is 0 Å². The van der Waals surface area contributed by atoms with Gasteiger partial charge in [-0.3, -0.25) is 13.9 Å². The molecule has 0 radical (unpaired) electrons. The fourth-order valence-corrected chi connectivity index (χ4v) is 3.43. The van der Waals surface area contributed by atoms with Crippen molar-refractivity contribution in [2.45, 2.75) is 12.3 Å². The molecule has 0 aliphatic rings. The summed E-state index contributed by atoms with van der Waals surface area (Å²) in [5, 5.41) is 7.69. The zero-order valence-electron chi connectivity index (χ0n) is 14.0. The Labute approximate surface area is 149 Å². The van der Waals surface area contributed by atoms with Crippen LogP contribution >= 0.6 is 0 Å². The molecule has 1 aromatic heterocycles. The van der Waals surface area contributed by atoms with Crippen LogP contribution < -0.4 is 16.1 Å². The van der Waals surface area contributed by atoms with E-state index in [-0.39, 0.29) is 23.9 Å². The molecule has 0 bridgehead atoms. The number of benzene rings is 2. The Morgan fingerprint density at radius 1 is 1.08 bits per heavy atom. The second kappa shape index (κ2) is 6.77. The monoisotopic (exact) mass is 374 g/mol. The highest BCUT2D eigenvalue weighted by Gasteiger charge is 2.13. The first-order valence-electron chi connectivity index (χ1n) is 7.78. The van der Waals surface area contributed by atoms with Crippen molar-refractivity contribution in [2.24, 2.45) is 12.2 Å². The number of amides is 1. The Morgan fingerprint density at radius 2 is 1.69 bits per heavy atom. The number of nitrogens with two attached hydrogens (primary N) is 1. The zero-order chi connectivity index (χ0) is 18.9. The summed E-state index contributed by atoms with van der Waals surface area (Å²) in [5.41, 5.74) is 2.18. The van der Waals surface area contributed by atoms with E-state index in [0.717, 1.165) is 5.52 Å². The van der Waals surface area contributed by atoms with Gasteiger partial charge in [0.1, 0.15) is 6.54 Å². The molecule has 1 amide bonds. The van der Waals surface area contributed by atoms with Crippen LogP contribution in [-0.2, 0) is 34.2 Å². The van der Waals surface area contributed by atoms with E-state index in [1.165, 1.54) is 9.13 Å². The average Bonchev–Trinajstić information content (AvgIpc) is 2.81. The van der Waals surface area contributed by atoms with Crippen LogP contribution in [0.4, 0.5) is 5.69 Å². The van der Waals surface area contributed by atoms with E-state index in [4.69, 9.17) is 5.14 Å². The number of para-hydroxylation sites is 2. The molecule has 0 fully saturated rings. The summed E-state index contributed by atoms with van der Waals surface area (Å²) in [6, 6.07) is 13.6. The minimum atomic E-state index is -3.60. The smallest absolute Gasteiger partial charge is 0.325 e. The number of sulfonamides is 1. The highest BCUT2D eigenvalue weighted by molar-refractivity contribution is 7.88. The van der Waals surface area contributed by atoms with Crippen molar-refractivity contribution < 1.29 is 13.2 Å². The van der Waals surface area contributed by atoms with Crippen molar-refractivity contribution in [3.8, 4) is 0 Å². The topological polar surface area (TPSA) is 116 Å². The predicted octanol–water partition coefficient (Wildman–Crippen LogP) is 0.767. The van der Waals surface area contributed by atoms with Gasteiger partial charge in [-0.25, -0.2) is 18.4 Å². The molecule has 9 heteroatoms. The van der Waals surface area contributed by atoms with E-state index < -0.39 is 10.0 Å². The third-order valence-corrected chi connectivity index (χ3v) is 4.69. The van der Waals surface area contributed by atoms with Gasteiger partial charge in [0, 0.05) is 12.7 Å². The maximum Gasteiger partial charge on any atom is 0.329 e. The van der Waals surface area contributed by atoms with Crippen LogP contribution in [0.1, 0.15) is 5.56 Å². The fourth-order valence-electron chi connectivity index (χ4n) is 2.78. The summed E-state index contributed by atoms with van der Waals surface area (Å²) in [4.78, 5) is 24.6. The first-order valence-corrected chi connectivity index (χ1v) is 9.50. The summed E-state index contributed by atoms with van der Waals surface area (Å²) < 4.78 is 25.1. The molecule has 0 saturated heterocycles. The molecule has 0 aliphatic heterocycles. The number of imidazole rings is 1. The quantitative estimate of drug-likeness (QED) is 0.686. The summed E-state index contributed by atoms with van der Waals surface area (Å²) in [5.74, 6) is -0.630. The van der Waals surface area contributed by atoms with Gasteiger partial charge in [-0.05, 0) is 29.8 Å². The van der Waals surface area contributed by atoms with Crippen molar-refractivity contribution in [1.29, 1.82) is 0 Å². The fraction of sp³-hybridized carbons (Fsp3) is 0.176. The van der Waals surface area contributed by atoms with E-state index in [1.807, 2.05) is 12.1 Å². The number of hydrogen-bond donors (Lipinski definition) is 2. The predicted molar refractivity (Wildman–Crippen MR) is 99.1 cm³/mol. The number of aryl methyl sites for hydroxylation is 1. The Morgan fingerprint density at radius 3 is 2.31 bits per heavy atom. The minimum absolute atomic E-state index is 0.126. The number of carbonyl (C=O) groups excluding carboxylic acids is 1. The Balaban J connectivity index is 1.76. The maximum atomic E-state index is 12.3. The lowest BCUT2D eigenvalue weighted by atomic mass is 10.2. The van der Waals surface area contributed by atoms with Gasteiger partial charge in [0.2, 0.25) is 15.9 Å². The standard InChI is InChI=1S/C17H18N4O4S/c1-20-14-4-2-3-5-15(14)21(17(20)23)10-16(22)19-13-8-6-12(7-9-13)11-26(18,24)25/h2-9H,10-11H2,1H3,(H,19,22)(H2,18,24,25). The number of nitrogens with one attached hydrogen (secondary N) is 1. The molecule has 3 rings (SSSR count). The Bertz CT molecular complexity index is 1130. The molecule has 8 nitrogen and oxygen atoms in total. The Kier molecular flexibility index (Phi) is 4.66. The average molecular weight is 374 g/mol. The van der Waals surface area contributed by atoms with E-state index in [0.29, 0.717) is 16.8 Å². The number of carbonyl (C=O) groups is 1. The first-order chi connectivity index (χ1) is 12.2. The van der Waals surface area contributed by atoms with Crippen LogP contribution in [0.15, 0.2) is 53.3 Å². The van der Waals surface area contributed by atoms with E-state index in [1.54, 1.807) is 43.4 Å². The van der Waals surface area contributed by atoms with E-state index >= 15 is 0 Å². The van der Waals surface area contributed by atoms with Crippen LogP contribution in [0.5, 0.6) is 0 Å². The molecule has 3 N–H and O–H groups in total. The second-order valence-corrected chi connectivity index (χ2v) is 7.58. The van der Waals surface area contributed by atoms with Crippen molar-refractivity contribution in [2.75, 3.05) is 5.32 Å². The third-order valence-electron chi connectivity index (χ3n) is 3.96. The SMILES string of the molecule is Cn1c(=O)n(CC(=O)Nc2ccc(CS(N)(=O)=O)cc2)c2ccccc21. The van der Waals surface area contributed by atoms with Gasteiger partial charge in [0.25, 0.3) is 0 Å². The van der Waals surface area contributed by atoms with Gasteiger partial charge in [-0.2, -0.15) is 0 Å². The largest absolute Gasteiger partial charge is 0.329 e. The van der Waals surface area contributed by atoms with Gasteiger partial charge in [-0.15, -0.1) is 0 Å². The molecule has 0 atom stereocenters. The third kappa shape index (κ3) is 3.84. The van der Waals surface area contributed by atoms with Gasteiger partial charge in [0.15, 0.2) is 0 Å². The maximum absolute atomic E-state index is 12.3. The highest BCUT2D eigenvalue weighted by atomic mass is 32.2. The lowest BCUT2D eigenvalue weighted by Gasteiger charge is -2.07. The molecular weight excluding hydrogens is 356 g/mol. The molecule has 0 unspecified atom stereocenters. The number of hydrogen-bond acceptors (Lipinski definition) is 4. The molecule has 0 spiro atoms. The molecular formula is C17H18N4O4S. The van der Waals surface area contributed by atoms with Crippen LogP contribution in [0.25, 0.3) is 11.0 Å². The van der Waals surface area contributed by atoms with Crippen LogP contribution in [-0.4, -0.2) is 23.5 Å². The lowest BCUT2D eigenvalue weighted by molar-refractivity contribution is -0.116. The number of aromatic nitrogens is 2. The molecule has 0 aliphatic carbocycles. The van der Waals surface area contributed by atoms with Crippen LogP contribution in [0.3, 0.4) is 0 Å². The van der Waals surface area contributed by atoms with Crippen LogP contribution in [0.2, 0.25) is 0 Å². The van der Waals surface area contributed by atoms with Crippen molar-refractivity contribution >= 4 is 32.7 Å². The molecule has 1 heterocycles. The molecule has 3 aromatic rings. The van der Waals surface area contributed by atoms with Gasteiger partial charge < -0.3 is 5.32 Å². The van der Waals surface area contributed by atoms with Gasteiger partial charge in [0.05, 0.1) is 16.8 Å². The summed E-state index contributed by atoms with van der Waals surface area (Å²) in [6.45, 7) is -0.126. The molecule has 0 saturated carbocycles. The minimum Gasteiger partial charge on any atom is -0.325 e. The molecule has 136 valence electrons. The van der Waals surface area contributed by atoms with Crippen LogP contribution in [0, 0.1) is 0 Å². The van der Waals surface area contributed by atoms with E-state index in [9.17, 15) is 18.0 Å². The van der Waals surface area contributed by atoms with Gasteiger partial charge in [-0.1, -0.05) is 24.3 Å². The number of primary sulfonamides is 1. The first kappa shape index (κ1) is 17.9. The summed E-state index contributed by atoms with van der Waals surface area (Å²) in [6.07, 6.45) is 0. The lowest BCUT2D eigenvalue weighted by Crippen LogP contribution is -2.28. The summed E-state index contributed by atoms with van der Waals surface area (Å²) >= 11 is 0. The Hall–Kier alpha value is -2.91. The van der Waals surface area contributed by atoms with Crippen molar-refractivity contribution in [1.82, 2.24) is 9.13 Å². The highest BCUT2D eigenvalue weighted by Crippen LogP contribution is 2.13. The number of nitrogens with zero attached hydrogens (tertiary/aromatic N) is 2. The zero-order valence-corrected chi connectivity index (χ0v) is 14.9. The number of rotatable bonds is 5. The molecule has 26 heavy (non-hydrogen) atoms. The second-order valence-electron chi connectivity index (χ2n) is 5.97. The molecule has 2 aromatic carbocycles. The van der Waals surface area contributed by atoms with E-state index in [2.05, 4.69) is 5.32 Å². The normalized spacial score (nSPS) is 11.6. The van der Waals surface area contributed by atoms with Gasteiger partial charge >= 0.3 is 5.69 Å².